The second kappa shape index (κ2) is 10.4. The van der Waals surface area contributed by atoms with E-state index in [2.05, 4.69) is 53.1 Å². The summed E-state index contributed by atoms with van der Waals surface area (Å²) in [6, 6.07) is -0.246. The average molecular weight is 410 g/mol. The molecule has 0 unspecified atom stereocenters. The fraction of sp³-hybridized carbons (Fsp3) is 0.682. The molecule has 0 saturated carbocycles. The van der Waals surface area contributed by atoms with E-state index in [1.165, 1.54) is 0 Å². The van der Waals surface area contributed by atoms with Crippen molar-refractivity contribution in [3.05, 3.63) is 37.0 Å². The first-order valence-electron chi connectivity index (χ1n) is 10.0. The number of methoxy groups -OCH3 is 1. The Hall–Kier alpha value is -1.37. The third-order valence-corrected chi connectivity index (χ3v) is 10.1. The van der Waals surface area contributed by atoms with Crippen molar-refractivity contribution in [1.29, 1.82) is 0 Å². The van der Waals surface area contributed by atoms with Crippen LogP contribution in [-0.2, 0) is 13.9 Å². The predicted molar refractivity (Wildman–Crippen MR) is 118 cm³/mol. The number of unbranched alkanes of at least 4 members (excludes halogenated alkanes) is 1. The molecule has 5 nitrogen and oxygen atoms in total. The number of ether oxygens (including phenoxy) is 2. The molecule has 0 aromatic rings. The maximum atomic E-state index is 12.8. The van der Waals surface area contributed by atoms with Gasteiger partial charge in [0, 0.05) is 13.7 Å². The van der Waals surface area contributed by atoms with Crippen LogP contribution in [0.4, 0.5) is 4.79 Å². The molecule has 1 rings (SSSR count). The molecule has 1 heterocycles. The lowest BCUT2D eigenvalue weighted by Gasteiger charge is -2.43. The van der Waals surface area contributed by atoms with Crippen molar-refractivity contribution in [2.24, 2.45) is 0 Å². The fourth-order valence-corrected chi connectivity index (χ4v) is 4.26. The van der Waals surface area contributed by atoms with Gasteiger partial charge >= 0.3 is 6.09 Å². The first-order valence-corrected chi connectivity index (χ1v) is 12.9. The van der Waals surface area contributed by atoms with Crippen molar-refractivity contribution in [1.82, 2.24) is 4.90 Å². The second-order valence-electron chi connectivity index (χ2n) is 8.96. The Morgan fingerprint density at radius 1 is 1.39 bits per heavy atom. The molecule has 0 bridgehead atoms. The van der Waals surface area contributed by atoms with Crippen LogP contribution < -0.4 is 0 Å². The summed E-state index contributed by atoms with van der Waals surface area (Å²) in [4.78, 5) is 14.5. The van der Waals surface area contributed by atoms with Crippen LogP contribution in [0.5, 0.6) is 0 Å². The molecule has 160 valence electrons. The molecule has 0 aliphatic carbocycles. The highest BCUT2D eigenvalue weighted by Crippen LogP contribution is 2.39. The number of nitrogens with zero attached hydrogens (tertiary/aromatic N) is 1. The Morgan fingerprint density at radius 2 is 2.04 bits per heavy atom. The highest BCUT2D eigenvalue weighted by Gasteiger charge is 2.45. The van der Waals surface area contributed by atoms with Crippen LogP contribution in [0.3, 0.4) is 0 Å². The van der Waals surface area contributed by atoms with Crippen molar-refractivity contribution >= 4 is 14.4 Å². The normalized spacial score (nSPS) is 19.8. The summed E-state index contributed by atoms with van der Waals surface area (Å²) in [5, 5.41) is 0.0398. The van der Waals surface area contributed by atoms with E-state index in [9.17, 15) is 4.79 Å². The Balaban J connectivity index is 3.09. The zero-order chi connectivity index (χ0) is 21.5. The minimum atomic E-state index is -2.10. The summed E-state index contributed by atoms with van der Waals surface area (Å²) < 4.78 is 17.9. The van der Waals surface area contributed by atoms with Crippen molar-refractivity contribution in [3.63, 3.8) is 0 Å². The molecule has 1 amide bonds. The third-order valence-electron chi connectivity index (χ3n) is 5.65. The van der Waals surface area contributed by atoms with Crippen LogP contribution in [0, 0.1) is 0 Å². The summed E-state index contributed by atoms with van der Waals surface area (Å²) in [5.74, 6) is 0. The van der Waals surface area contributed by atoms with E-state index < -0.39 is 8.32 Å². The summed E-state index contributed by atoms with van der Waals surface area (Å²) >= 11 is 0. The van der Waals surface area contributed by atoms with Crippen LogP contribution in [0.2, 0.25) is 18.1 Å². The van der Waals surface area contributed by atoms with Crippen LogP contribution >= 0.6 is 0 Å². The van der Waals surface area contributed by atoms with Gasteiger partial charge in [-0.05, 0) is 37.9 Å². The van der Waals surface area contributed by atoms with Gasteiger partial charge in [0.1, 0.15) is 6.10 Å². The Kier molecular flexibility index (Phi) is 9.18. The molecule has 6 heteroatoms. The number of hydrogen-bond donors (Lipinski definition) is 0. The Labute approximate surface area is 172 Å². The topological polar surface area (TPSA) is 48.0 Å². The van der Waals surface area contributed by atoms with E-state index >= 15 is 0 Å². The van der Waals surface area contributed by atoms with E-state index in [1.54, 1.807) is 18.1 Å². The van der Waals surface area contributed by atoms with Gasteiger partial charge in [0.25, 0.3) is 0 Å². The van der Waals surface area contributed by atoms with Crippen molar-refractivity contribution in [3.8, 4) is 0 Å². The molecule has 0 radical (unpaired) electrons. The van der Waals surface area contributed by atoms with Gasteiger partial charge < -0.3 is 13.9 Å². The lowest BCUT2D eigenvalue weighted by atomic mass is 10.0. The molecule has 1 aliphatic heterocycles. The minimum absolute atomic E-state index is 0.0398. The summed E-state index contributed by atoms with van der Waals surface area (Å²) in [6.45, 7) is 21.6. The molecule has 0 spiro atoms. The van der Waals surface area contributed by atoms with E-state index in [0.29, 0.717) is 13.2 Å². The van der Waals surface area contributed by atoms with Crippen molar-refractivity contribution in [2.75, 3.05) is 20.3 Å². The molecule has 0 saturated heterocycles. The molecule has 3 atom stereocenters. The monoisotopic (exact) mass is 409 g/mol. The number of carbonyl (C=O) groups excluding carboxylic acids is 1. The average Bonchev–Trinajstić information content (AvgIpc) is 2.99. The number of rotatable bonds is 10. The van der Waals surface area contributed by atoms with Crippen LogP contribution in [-0.4, -0.2) is 57.8 Å². The van der Waals surface area contributed by atoms with Crippen molar-refractivity contribution in [2.45, 2.75) is 76.9 Å². The zero-order valence-electron chi connectivity index (χ0n) is 18.8. The second-order valence-corrected chi connectivity index (χ2v) is 13.7. The number of allylic oxidation sites excluding steroid dienone is 1. The molecule has 28 heavy (non-hydrogen) atoms. The maximum Gasteiger partial charge on any atom is 0.410 e. The summed E-state index contributed by atoms with van der Waals surface area (Å²) in [7, 11) is -0.450. The lowest BCUT2D eigenvalue weighted by Crippen LogP contribution is -2.55. The van der Waals surface area contributed by atoms with Gasteiger partial charge in [-0.2, -0.15) is 0 Å². The van der Waals surface area contributed by atoms with Crippen LogP contribution in [0.15, 0.2) is 37.0 Å². The maximum absolute atomic E-state index is 12.8. The predicted octanol–water partition coefficient (Wildman–Crippen LogP) is 5.31. The highest BCUT2D eigenvalue weighted by atomic mass is 28.4. The molecule has 0 aromatic heterocycles. The van der Waals surface area contributed by atoms with E-state index in [-0.39, 0.29) is 29.4 Å². The number of hydrogen-bond acceptors (Lipinski definition) is 4. The molecule has 1 aliphatic rings. The number of amides is 1. The number of carbonyl (C=O) groups is 1. The SMILES string of the molecule is C=CCCCOC(=O)N1CC(C)=C[C@@H]1[C@H](O[Si](C)(C)C(C)(C)C)[C@H](C=C)OC. The third kappa shape index (κ3) is 6.32. The van der Waals surface area contributed by atoms with Gasteiger partial charge in [0.2, 0.25) is 0 Å². The fourth-order valence-electron chi connectivity index (χ4n) is 2.95. The summed E-state index contributed by atoms with van der Waals surface area (Å²) in [5.41, 5.74) is 1.12. The Morgan fingerprint density at radius 3 is 2.54 bits per heavy atom. The van der Waals surface area contributed by atoms with E-state index in [4.69, 9.17) is 13.9 Å². The van der Waals surface area contributed by atoms with Crippen molar-refractivity contribution < 1.29 is 18.7 Å². The van der Waals surface area contributed by atoms with Crippen LogP contribution in [0.1, 0.15) is 40.5 Å². The molecular formula is C22H39NO4Si. The highest BCUT2D eigenvalue weighted by molar-refractivity contribution is 6.74. The molecule has 0 N–H and O–H groups in total. The van der Waals surface area contributed by atoms with E-state index in [0.717, 1.165) is 18.4 Å². The largest absolute Gasteiger partial charge is 0.449 e. The molecule has 0 fully saturated rings. The van der Waals surface area contributed by atoms with Gasteiger partial charge in [-0.3, -0.25) is 4.90 Å². The standard InChI is InChI=1S/C22H39NO4Si/c1-10-12-13-14-26-21(24)23-16-17(3)15-18(23)20(19(11-2)25-7)27-28(8,9)22(4,5)6/h10-11,15,18-20H,1-2,12-14,16H2,3-9H3/t18-,19+,20+/m1/s1. The van der Waals surface area contributed by atoms with Gasteiger partial charge in [0.15, 0.2) is 8.32 Å². The summed E-state index contributed by atoms with van der Waals surface area (Å²) in [6.07, 6.45) is 6.31. The first kappa shape index (κ1) is 24.7. The van der Waals surface area contributed by atoms with Gasteiger partial charge in [-0.1, -0.05) is 44.6 Å². The van der Waals surface area contributed by atoms with Gasteiger partial charge in [-0.15, -0.1) is 13.2 Å². The zero-order valence-corrected chi connectivity index (χ0v) is 19.8. The van der Waals surface area contributed by atoms with Gasteiger partial charge in [-0.25, -0.2) is 4.79 Å². The Bertz CT molecular complexity index is 580. The molecular weight excluding hydrogens is 370 g/mol. The quantitative estimate of drug-likeness (QED) is 0.279. The minimum Gasteiger partial charge on any atom is -0.449 e. The smallest absolute Gasteiger partial charge is 0.410 e. The van der Waals surface area contributed by atoms with Crippen LogP contribution in [0.25, 0.3) is 0 Å². The molecule has 0 aromatic carbocycles. The first-order chi connectivity index (χ1) is 13.0. The lowest BCUT2D eigenvalue weighted by molar-refractivity contribution is -0.0107. The van der Waals surface area contributed by atoms with Gasteiger partial charge in [0.05, 0.1) is 18.8 Å². The van der Waals surface area contributed by atoms with E-state index in [1.807, 2.05) is 13.0 Å².